The predicted octanol–water partition coefficient (Wildman–Crippen LogP) is 6.34. The highest BCUT2D eigenvalue weighted by atomic mass is 35.5. The first-order valence-electron chi connectivity index (χ1n) is 15.3. The topological polar surface area (TPSA) is 83.8 Å². The molecule has 1 saturated heterocycles. The fraction of sp³-hybridized carbons (Fsp3) is 0.545. The highest BCUT2D eigenvalue weighted by Gasteiger charge is 2.56. The average molecular weight is 626 g/mol. The van der Waals surface area contributed by atoms with Crippen LogP contribution < -0.4 is 20.9 Å². The normalized spacial score (nSPS) is 28.5. The Bertz CT molecular complexity index is 1610. The number of nitrogens with one attached hydrogen (secondary N) is 2. The molecule has 6 atom stereocenters. The number of anilines is 1. The fourth-order valence-electron chi connectivity index (χ4n) is 7.53. The van der Waals surface area contributed by atoms with E-state index in [2.05, 4.69) is 50.2 Å². The second-order valence-corrected chi connectivity index (χ2v) is 14.3. The zero-order valence-corrected chi connectivity index (χ0v) is 27.3. The first-order valence-corrected chi connectivity index (χ1v) is 16.1. The number of nitrogens with zero attached hydrogens (tertiary/aromatic N) is 4. The number of aromatic nitrogens is 2. The summed E-state index contributed by atoms with van der Waals surface area (Å²) in [5.41, 5.74) is 1.73. The van der Waals surface area contributed by atoms with Crippen molar-refractivity contribution in [2.75, 3.05) is 18.4 Å². The standard InChI is InChI=1S/C33H42Cl2N6O2/c1-18-15-41(16-19(2)36-18)32(39-27-12-21-11-25(20(27)3)33(21,4)5)37-23-8-9-24-28(14-23)38-30(40(6)31(24)42)17-43-29-10-7-22(34)13-26(29)35/h7-10,13-14,18-21,25,27,36H,11-12,15-17H2,1-6H3,(H,37,39). The number of guanidine groups is 1. The molecule has 230 valence electrons. The average Bonchev–Trinajstić information content (AvgIpc) is 2.94. The molecule has 2 heterocycles. The van der Waals surface area contributed by atoms with E-state index in [1.807, 2.05) is 18.2 Å². The van der Waals surface area contributed by atoms with Crippen LogP contribution in [0.1, 0.15) is 53.3 Å². The van der Waals surface area contributed by atoms with Crippen molar-refractivity contribution in [1.29, 1.82) is 0 Å². The van der Waals surface area contributed by atoms with Crippen molar-refractivity contribution in [2.24, 2.45) is 35.2 Å². The third-order valence-corrected chi connectivity index (χ3v) is 10.7. The maximum atomic E-state index is 13.3. The Morgan fingerprint density at radius 2 is 1.86 bits per heavy atom. The van der Waals surface area contributed by atoms with Crippen molar-refractivity contribution in [3.63, 3.8) is 0 Å². The van der Waals surface area contributed by atoms with Gasteiger partial charge < -0.3 is 20.3 Å². The van der Waals surface area contributed by atoms with Gasteiger partial charge in [0, 0.05) is 42.9 Å². The molecule has 1 aromatic heterocycles. The predicted molar refractivity (Wildman–Crippen MR) is 175 cm³/mol. The molecule has 2 aromatic carbocycles. The molecule has 7 rings (SSSR count). The number of ether oxygens (including phenoxy) is 1. The molecule has 3 saturated carbocycles. The second-order valence-electron chi connectivity index (χ2n) is 13.5. The summed E-state index contributed by atoms with van der Waals surface area (Å²) in [6, 6.07) is 11.8. The van der Waals surface area contributed by atoms with E-state index in [9.17, 15) is 4.79 Å². The molecule has 43 heavy (non-hydrogen) atoms. The van der Waals surface area contributed by atoms with Gasteiger partial charge in [0.2, 0.25) is 0 Å². The Kier molecular flexibility index (Phi) is 8.16. The van der Waals surface area contributed by atoms with Crippen LogP contribution in [0.5, 0.6) is 5.75 Å². The summed E-state index contributed by atoms with van der Waals surface area (Å²) in [5, 5.41) is 8.78. The minimum absolute atomic E-state index is 0.0855. The summed E-state index contributed by atoms with van der Waals surface area (Å²) in [4.78, 5) is 25.9. The van der Waals surface area contributed by atoms with E-state index in [1.165, 1.54) is 11.0 Å². The number of hydrogen-bond acceptors (Lipinski definition) is 5. The molecule has 2 N–H and O–H groups in total. The maximum absolute atomic E-state index is 13.3. The lowest BCUT2D eigenvalue weighted by atomic mass is 9.45. The molecule has 1 aliphatic heterocycles. The van der Waals surface area contributed by atoms with Gasteiger partial charge in [0.15, 0.2) is 5.96 Å². The summed E-state index contributed by atoms with van der Waals surface area (Å²) < 4.78 is 7.44. The van der Waals surface area contributed by atoms with E-state index < -0.39 is 0 Å². The number of rotatable bonds is 5. The van der Waals surface area contributed by atoms with E-state index in [4.69, 9.17) is 37.9 Å². The van der Waals surface area contributed by atoms with E-state index in [-0.39, 0.29) is 18.2 Å². The van der Waals surface area contributed by atoms with Crippen LogP contribution in [0.15, 0.2) is 46.2 Å². The molecule has 2 bridgehead atoms. The van der Waals surface area contributed by atoms with Gasteiger partial charge in [-0.3, -0.25) is 9.36 Å². The van der Waals surface area contributed by atoms with Crippen molar-refractivity contribution in [1.82, 2.24) is 19.8 Å². The number of piperazine rings is 1. The monoisotopic (exact) mass is 624 g/mol. The van der Waals surface area contributed by atoms with Gasteiger partial charge in [-0.25, -0.2) is 9.98 Å². The van der Waals surface area contributed by atoms with Gasteiger partial charge in [-0.1, -0.05) is 44.0 Å². The summed E-state index contributed by atoms with van der Waals surface area (Å²) in [6.45, 7) is 13.5. The molecular weight excluding hydrogens is 583 g/mol. The second kappa shape index (κ2) is 11.6. The Balaban J connectivity index is 1.30. The minimum atomic E-state index is -0.131. The quantitative estimate of drug-likeness (QED) is 0.255. The molecule has 10 heteroatoms. The number of halogens is 2. The molecule has 3 aliphatic carbocycles. The molecule has 0 spiro atoms. The molecule has 4 aliphatic rings. The van der Waals surface area contributed by atoms with Crippen molar-refractivity contribution in [2.45, 2.75) is 72.2 Å². The third kappa shape index (κ3) is 5.86. The lowest BCUT2D eigenvalue weighted by Crippen LogP contribution is -2.59. The van der Waals surface area contributed by atoms with Gasteiger partial charge in [-0.05, 0) is 86.3 Å². The fourth-order valence-corrected chi connectivity index (χ4v) is 7.99. The summed E-state index contributed by atoms with van der Waals surface area (Å²) in [6.07, 6.45) is 2.45. The summed E-state index contributed by atoms with van der Waals surface area (Å²) in [7, 11) is 1.71. The van der Waals surface area contributed by atoms with Crippen LogP contribution in [-0.4, -0.2) is 51.6 Å². The molecule has 4 fully saturated rings. The molecule has 0 radical (unpaired) electrons. The van der Waals surface area contributed by atoms with Crippen LogP contribution in [0.3, 0.4) is 0 Å². The van der Waals surface area contributed by atoms with E-state index in [1.54, 1.807) is 25.2 Å². The van der Waals surface area contributed by atoms with Gasteiger partial charge >= 0.3 is 0 Å². The Morgan fingerprint density at radius 3 is 2.53 bits per heavy atom. The van der Waals surface area contributed by atoms with Crippen LogP contribution in [0.25, 0.3) is 10.9 Å². The van der Waals surface area contributed by atoms with Crippen LogP contribution in [0.2, 0.25) is 10.0 Å². The largest absolute Gasteiger partial charge is 0.484 e. The van der Waals surface area contributed by atoms with Gasteiger partial charge in [-0.2, -0.15) is 0 Å². The molecular formula is C33H42Cl2N6O2. The van der Waals surface area contributed by atoms with Crippen molar-refractivity contribution in [3.8, 4) is 5.75 Å². The first-order chi connectivity index (χ1) is 20.4. The zero-order chi connectivity index (χ0) is 30.6. The molecule has 6 unspecified atom stereocenters. The lowest BCUT2D eigenvalue weighted by molar-refractivity contribution is -0.108. The van der Waals surface area contributed by atoms with Gasteiger partial charge in [0.25, 0.3) is 5.56 Å². The first kappa shape index (κ1) is 30.2. The Hall–Kier alpha value is -2.81. The number of aliphatic imine (C=N–C) groups is 1. The van der Waals surface area contributed by atoms with Crippen LogP contribution in [0, 0.1) is 23.2 Å². The number of hydrogen-bond donors (Lipinski definition) is 2. The van der Waals surface area contributed by atoms with Gasteiger partial charge in [0.05, 0.1) is 22.0 Å². The van der Waals surface area contributed by atoms with E-state index >= 15 is 0 Å². The van der Waals surface area contributed by atoms with Gasteiger partial charge in [0.1, 0.15) is 18.2 Å². The molecule has 8 nitrogen and oxygen atoms in total. The van der Waals surface area contributed by atoms with E-state index in [0.717, 1.165) is 37.1 Å². The third-order valence-electron chi connectivity index (χ3n) is 10.1. The number of benzene rings is 2. The van der Waals surface area contributed by atoms with Gasteiger partial charge in [-0.15, -0.1) is 0 Å². The highest BCUT2D eigenvalue weighted by molar-refractivity contribution is 6.35. The maximum Gasteiger partial charge on any atom is 0.261 e. The van der Waals surface area contributed by atoms with E-state index in [0.29, 0.717) is 61.9 Å². The van der Waals surface area contributed by atoms with Crippen molar-refractivity contribution < 1.29 is 4.74 Å². The molecule has 3 aromatic rings. The zero-order valence-electron chi connectivity index (χ0n) is 25.8. The van der Waals surface area contributed by atoms with Crippen LogP contribution in [-0.2, 0) is 13.7 Å². The van der Waals surface area contributed by atoms with Crippen molar-refractivity contribution in [3.05, 3.63) is 62.6 Å². The lowest BCUT2D eigenvalue weighted by Gasteiger charge is -2.61. The smallest absolute Gasteiger partial charge is 0.261 e. The minimum Gasteiger partial charge on any atom is -0.484 e. The summed E-state index contributed by atoms with van der Waals surface area (Å²) >= 11 is 12.3. The highest BCUT2D eigenvalue weighted by Crippen LogP contribution is 2.61. The molecule has 0 amide bonds. The SMILES string of the molecule is CC1CN(C(=NC2CC3CC(C2C)C3(C)C)Nc2ccc3c(=O)n(C)c(COc4ccc(Cl)cc4Cl)nc3c2)CC(C)N1. The number of fused-ring (bicyclic) bond motifs is 3. The summed E-state index contributed by atoms with van der Waals surface area (Å²) in [5.74, 6) is 3.86. The van der Waals surface area contributed by atoms with Crippen molar-refractivity contribution >= 4 is 45.8 Å². The Labute approximate surface area is 263 Å². The Morgan fingerprint density at radius 1 is 1.12 bits per heavy atom. The van der Waals surface area contributed by atoms with Crippen LogP contribution in [0.4, 0.5) is 5.69 Å². The van der Waals surface area contributed by atoms with Crippen LogP contribution >= 0.6 is 23.2 Å².